The van der Waals surface area contributed by atoms with Crippen LogP contribution in [-0.4, -0.2) is 19.6 Å². The highest BCUT2D eigenvalue weighted by atomic mass is 35.5. The van der Waals surface area contributed by atoms with Crippen molar-refractivity contribution in [2.75, 3.05) is 19.0 Å². The van der Waals surface area contributed by atoms with Gasteiger partial charge >= 0.3 is 0 Å². The Morgan fingerprint density at radius 1 is 1.14 bits per heavy atom. The third-order valence-corrected chi connectivity index (χ3v) is 4.60. The second-order valence-corrected chi connectivity index (χ2v) is 7.13. The molecule has 0 spiro atoms. The number of unbranched alkanes of at least 4 members (excludes halogenated alkanes) is 2. The molecular weight excluding hydrogens is 374 g/mol. The summed E-state index contributed by atoms with van der Waals surface area (Å²) >= 11 is 6.25. The maximum absolute atomic E-state index is 12.3. The van der Waals surface area contributed by atoms with E-state index in [-0.39, 0.29) is 5.91 Å². The Labute approximate surface area is 172 Å². The average Bonchev–Trinajstić information content (AvgIpc) is 2.66. The van der Waals surface area contributed by atoms with Gasteiger partial charge in [0.25, 0.3) is 0 Å². The zero-order chi connectivity index (χ0) is 20.5. The Balaban J connectivity index is 2.04. The van der Waals surface area contributed by atoms with Crippen LogP contribution in [0, 0.1) is 13.8 Å². The number of benzene rings is 2. The van der Waals surface area contributed by atoms with Crippen molar-refractivity contribution in [2.45, 2.75) is 40.0 Å². The number of methoxy groups -OCH3 is 1. The lowest BCUT2D eigenvalue weighted by Gasteiger charge is -2.11. The Bertz CT molecular complexity index is 823. The summed E-state index contributed by atoms with van der Waals surface area (Å²) in [5.74, 6) is 1.12. The number of anilines is 1. The molecule has 2 aromatic rings. The quantitative estimate of drug-likeness (QED) is 0.402. The standard InChI is InChI=1S/C23H28ClNO3/c1-5-6-7-12-28-20-10-8-18(15-21(20)27-4)9-11-22(26)25-23-17(3)13-16(2)14-19(23)24/h8-11,13-15H,5-7,12H2,1-4H3,(H,25,26). The number of carbonyl (C=O) groups is 1. The third kappa shape index (κ3) is 6.31. The molecule has 0 bridgehead atoms. The minimum Gasteiger partial charge on any atom is -0.493 e. The predicted octanol–water partition coefficient (Wildman–Crippen LogP) is 6.19. The van der Waals surface area contributed by atoms with E-state index in [9.17, 15) is 4.79 Å². The molecule has 0 saturated carbocycles. The molecule has 1 amide bonds. The first-order valence-electron chi connectivity index (χ1n) is 9.51. The lowest BCUT2D eigenvalue weighted by Crippen LogP contribution is -2.09. The van der Waals surface area contributed by atoms with Crippen molar-refractivity contribution in [3.63, 3.8) is 0 Å². The number of ether oxygens (including phenoxy) is 2. The van der Waals surface area contributed by atoms with E-state index in [0.29, 0.717) is 28.8 Å². The highest BCUT2D eigenvalue weighted by Gasteiger charge is 2.08. The van der Waals surface area contributed by atoms with E-state index in [0.717, 1.165) is 36.0 Å². The normalized spacial score (nSPS) is 10.9. The summed E-state index contributed by atoms with van der Waals surface area (Å²) in [4.78, 5) is 12.3. The van der Waals surface area contributed by atoms with Gasteiger partial charge in [-0.05, 0) is 61.2 Å². The Morgan fingerprint density at radius 3 is 2.61 bits per heavy atom. The van der Waals surface area contributed by atoms with Gasteiger partial charge in [0.15, 0.2) is 11.5 Å². The first-order chi connectivity index (χ1) is 13.4. The van der Waals surface area contributed by atoms with Crippen LogP contribution >= 0.6 is 11.6 Å². The lowest BCUT2D eigenvalue weighted by atomic mass is 10.1. The molecule has 2 rings (SSSR count). The maximum Gasteiger partial charge on any atom is 0.248 e. The molecule has 0 saturated heterocycles. The number of nitrogens with one attached hydrogen (secondary N) is 1. The highest BCUT2D eigenvalue weighted by Crippen LogP contribution is 2.29. The van der Waals surface area contributed by atoms with Crippen LogP contribution in [0.2, 0.25) is 5.02 Å². The van der Waals surface area contributed by atoms with Gasteiger partial charge in [0.05, 0.1) is 24.4 Å². The van der Waals surface area contributed by atoms with Gasteiger partial charge in [-0.2, -0.15) is 0 Å². The molecule has 1 N–H and O–H groups in total. The molecule has 0 fully saturated rings. The molecule has 28 heavy (non-hydrogen) atoms. The summed E-state index contributed by atoms with van der Waals surface area (Å²) < 4.78 is 11.2. The van der Waals surface area contributed by atoms with Crippen LogP contribution in [0.15, 0.2) is 36.4 Å². The van der Waals surface area contributed by atoms with Crippen LogP contribution in [0.1, 0.15) is 42.9 Å². The van der Waals surface area contributed by atoms with E-state index in [2.05, 4.69) is 12.2 Å². The molecule has 0 unspecified atom stereocenters. The number of amides is 1. The summed E-state index contributed by atoms with van der Waals surface area (Å²) in [5.41, 5.74) is 3.47. The maximum atomic E-state index is 12.3. The van der Waals surface area contributed by atoms with Crippen LogP contribution < -0.4 is 14.8 Å². The van der Waals surface area contributed by atoms with Gasteiger partial charge in [-0.3, -0.25) is 4.79 Å². The van der Waals surface area contributed by atoms with E-state index in [1.54, 1.807) is 13.2 Å². The molecule has 5 heteroatoms. The van der Waals surface area contributed by atoms with E-state index in [1.807, 2.05) is 44.2 Å². The Kier molecular flexibility index (Phi) is 8.40. The van der Waals surface area contributed by atoms with E-state index >= 15 is 0 Å². The van der Waals surface area contributed by atoms with E-state index in [4.69, 9.17) is 21.1 Å². The third-order valence-electron chi connectivity index (χ3n) is 4.30. The van der Waals surface area contributed by atoms with Crippen molar-refractivity contribution < 1.29 is 14.3 Å². The van der Waals surface area contributed by atoms with Crippen LogP contribution in [0.3, 0.4) is 0 Å². The number of carbonyl (C=O) groups excluding carboxylic acids is 1. The molecule has 0 heterocycles. The molecule has 150 valence electrons. The van der Waals surface area contributed by atoms with Gasteiger partial charge < -0.3 is 14.8 Å². The van der Waals surface area contributed by atoms with Crippen LogP contribution in [0.25, 0.3) is 6.08 Å². The topological polar surface area (TPSA) is 47.6 Å². The number of hydrogen-bond donors (Lipinski definition) is 1. The smallest absolute Gasteiger partial charge is 0.248 e. The summed E-state index contributed by atoms with van der Waals surface area (Å²) in [5, 5.41) is 3.38. The lowest BCUT2D eigenvalue weighted by molar-refractivity contribution is -0.111. The monoisotopic (exact) mass is 401 g/mol. The fourth-order valence-corrected chi connectivity index (χ4v) is 3.22. The fourth-order valence-electron chi connectivity index (χ4n) is 2.85. The largest absolute Gasteiger partial charge is 0.493 e. The number of halogens is 1. The second-order valence-electron chi connectivity index (χ2n) is 6.73. The fraction of sp³-hybridized carbons (Fsp3) is 0.348. The van der Waals surface area contributed by atoms with Crippen molar-refractivity contribution >= 4 is 29.3 Å². The molecule has 0 aliphatic rings. The van der Waals surface area contributed by atoms with Gasteiger partial charge in [-0.15, -0.1) is 0 Å². The highest BCUT2D eigenvalue weighted by molar-refractivity contribution is 6.34. The molecule has 0 atom stereocenters. The Hall–Kier alpha value is -2.46. The van der Waals surface area contributed by atoms with Gasteiger partial charge in [0.2, 0.25) is 5.91 Å². The second kappa shape index (κ2) is 10.8. The SMILES string of the molecule is CCCCCOc1ccc(C=CC(=O)Nc2c(C)cc(C)cc2Cl)cc1OC. The number of hydrogen-bond acceptors (Lipinski definition) is 3. The minimum atomic E-state index is -0.243. The molecular formula is C23H28ClNO3. The minimum absolute atomic E-state index is 0.243. The van der Waals surface area contributed by atoms with Crippen molar-refractivity contribution in [2.24, 2.45) is 0 Å². The average molecular weight is 402 g/mol. The first kappa shape index (κ1) is 21.8. The van der Waals surface area contributed by atoms with Gasteiger partial charge in [-0.25, -0.2) is 0 Å². The summed E-state index contributed by atoms with van der Waals surface area (Å²) in [6, 6.07) is 9.42. The summed E-state index contributed by atoms with van der Waals surface area (Å²) in [6.07, 6.45) is 6.52. The van der Waals surface area contributed by atoms with Crippen LogP contribution in [-0.2, 0) is 4.79 Å². The first-order valence-corrected chi connectivity index (χ1v) is 9.89. The van der Waals surface area contributed by atoms with E-state index < -0.39 is 0 Å². The number of aryl methyl sites for hydroxylation is 2. The summed E-state index contributed by atoms with van der Waals surface area (Å²) in [7, 11) is 1.61. The molecule has 2 aromatic carbocycles. The molecule has 4 nitrogen and oxygen atoms in total. The zero-order valence-electron chi connectivity index (χ0n) is 17.0. The predicted molar refractivity (Wildman–Crippen MR) is 117 cm³/mol. The van der Waals surface area contributed by atoms with Gasteiger partial charge in [-0.1, -0.05) is 43.5 Å². The van der Waals surface area contributed by atoms with Crippen LogP contribution in [0.5, 0.6) is 11.5 Å². The van der Waals surface area contributed by atoms with Crippen molar-refractivity contribution in [3.8, 4) is 11.5 Å². The van der Waals surface area contributed by atoms with Gasteiger partial charge in [0, 0.05) is 6.08 Å². The van der Waals surface area contributed by atoms with Crippen molar-refractivity contribution in [1.82, 2.24) is 0 Å². The van der Waals surface area contributed by atoms with Crippen molar-refractivity contribution in [1.29, 1.82) is 0 Å². The summed E-state index contributed by atoms with van der Waals surface area (Å²) in [6.45, 7) is 6.71. The van der Waals surface area contributed by atoms with E-state index in [1.165, 1.54) is 6.08 Å². The zero-order valence-corrected chi connectivity index (χ0v) is 17.7. The molecule has 0 aliphatic heterocycles. The molecule has 0 radical (unpaired) electrons. The molecule has 0 aromatic heterocycles. The van der Waals surface area contributed by atoms with Crippen LogP contribution in [0.4, 0.5) is 5.69 Å². The van der Waals surface area contributed by atoms with Gasteiger partial charge in [0.1, 0.15) is 0 Å². The van der Waals surface area contributed by atoms with Crippen molar-refractivity contribution in [3.05, 3.63) is 58.1 Å². The Morgan fingerprint density at radius 2 is 1.93 bits per heavy atom. The molecule has 0 aliphatic carbocycles. The number of rotatable bonds is 9.